The largest absolute Gasteiger partial charge is 2.00 e. The second kappa shape index (κ2) is 12.1. The number of nitrogens with two attached hydrogens (primary N) is 2. The fourth-order valence-corrected chi connectivity index (χ4v) is 1.34. The van der Waals surface area contributed by atoms with Crippen LogP contribution in [0.1, 0.15) is 11.1 Å². The van der Waals surface area contributed by atoms with Gasteiger partial charge in [0.05, 0.1) is 11.9 Å². The summed E-state index contributed by atoms with van der Waals surface area (Å²) in [6, 6.07) is 15.6. The van der Waals surface area contributed by atoms with E-state index in [9.17, 15) is 0 Å². The minimum atomic E-state index is -2.19. The summed E-state index contributed by atoms with van der Waals surface area (Å²) < 4.78 is 0. The Morgan fingerprint density at radius 3 is 1.22 bits per heavy atom. The van der Waals surface area contributed by atoms with Gasteiger partial charge in [-0.2, -0.15) is 0 Å². The van der Waals surface area contributed by atoms with Crippen LogP contribution in [-0.4, -0.2) is 11.9 Å². The van der Waals surface area contributed by atoms with Gasteiger partial charge in [0, 0.05) is 11.4 Å². The summed E-state index contributed by atoms with van der Waals surface area (Å²) in [7, 11) is 0. The van der Waals surface area contributed by atoms with Crippen molar-refractivity contribution >= 4 is 23.3 Å². The maximum Gasteiger partial charge on any atom is 2.00 e. The van der Waals surface area contributed by atoms with Gasteiger partial charge in [0.1, 0.15) is 0 Å². The summed E-state index contributed by atoms with van der Waals surface area (Å²) >= 11 is 0. The molecule has 0 aliphatic carbocycles. The van der Waals surface area contributed by atoms with E-state index in [-0.39, 0.29) is 17.1 Å². The monoisotopic (exact) mass is 358 g/mol. The Balaban J connectivity index is 0. The Morgan fingerprint density at radius 2 is 1.09 bits per heavy atom. The number of carboxylic acid groups (broad SMARTS) is 2. The van der Waals surface area contributed by atoms with Crippen LogP contribution in [0.4, 0.5) is 11.4 Å². The molecule has 0 saturated heterocycles. The van der Waals surface area contributed by atoms with Gasteiger partial charge >= 0.3 is 17.1 Å². The molecule has 0 fully saturated rings. The van der Waals surface area contributed by atoms with Crippen LogP contribution in [0, 0.1) is 13.8 Å². The molecule has 0 aliphatic heterocycles. The first-order valence-electron chi connectivity index (χ1n) is 6.29. The topological polar surface area (TPSA) is 132 Å². The zero-order valence-electron chi connectivity index (χ0n) is 12.8. The number of rotatable bonds is 0. The van der Waals surface area contributed by atoms with Crippen LogP contribution in [0.3, 0.4) is 0 Å². The summed E-state index contributed by atoms with van der Waals surface area (Å²) in [6.45, 7) is 4.05. The van der Waals surface area contributed by atoms with Crippen LogP contribution < -0.4 is 21.7 Å². The van der Waals surface area contributed by atoms with Crippen molar-refractivity contribution in [3.05, 3.63) is 59.7 Å². The van der Waals surface area contributed by atoms with Gasteiger partial charge < -0.3 is 31.3 Å². The van der Waals surface area contributed by atoms with Crippen LogP contribution >= 0.6 is 0 Å². The SMILES string of the molecule is Cc1cccc(N)c1.Cc1cccc(N)c1.O=C([O-])C(=O)[O-].[Fe+2]. The van der Waals surface area contributed by atoms with E-state index in [1.807, 2.05) is 62.4 Å². The number of hydrogen-bond acceptors (Lipinski definition) is 6. The molecular formula is C16H18FeN2O4. The fraction of sp³-hybridized carbons (Fsp3) is 0.125. The van der Waals surface area contributed by atoms with Crippen LogP contribution in [0.5, 0.6) is 0 Å². The minimum Gasteiger partial charge on any atom is -0.543 e. The van der Waals surface area contributed by atoms with Gasteiger partial charge in [-0.05, 0) is 49.2 Å². The molecule has 0 bridgehead atoms. The van der Waals surface area contributed by atoms with E-state index in [4.69, 9.17) is 31.3 Å². The van der Waals surface area contributed by atoms with Crippen molar-refractivity contribution in [2.45, 2.75) is 13.8 Å². The molecule has 0 aliphatic rings. The van der Waals surface area contributed by atoms with Crippen molar-refractivity contribution in [3.8, 4) is 0 Å². The molecule has 2 aromatic carbocycles. The molecule has 0 radical (unpaired) electrons. The molecule has 2 aromatic rings. The average Bonchev–Trinajstić information content (AvgIpc) is 2.39. The summed E-state index contributed by atoms with van der Waals surface area (Å²) in [6.07, 6.45) is 0. The second-order valence-corrected chi connectivity index (χ2v) is 4.40. The standard InChI is InChI=1S/2C7H9N.C2H2O4.Fe/c2*1-6-3-2-4-7(8)5-6;3-1(4)2(5)6;/h2*2-5H,8H2,1H3;(H,3,4)(H,5,6);/q;;;+2/p-2. The van der Waals surface area contributed by atoms with Gasteiger partial charge in [-0.3, -0.25) is 0 Å². The zero-order chi connectivity index (χ0) is 17.1. The first-order chi connectivity index (χ1) is 10.2. The van der Waals surface area contributed by atoms with Crippen LogP contribution in [0.25, 0.3) is 0 Å². The Bertz CT molecular complexity index is 543. The van der Waals surface area contributed by atoms with E-state index >= 15 is 0 Å². The predicted molar refractivity (Wildman–Crippen MR) is 81.2 cm³/mol. The molecule has 7 heteroatoms. The Hall–Kier alpha value is -2.50. The fourth-order valence-electron chi connectivity index (χ4n) is 1.34. The van der Waals surface area contributed by atoms with E-state index in [1.165, 1.54) is 11.1 Å². The van der Waals surface area contributed by atoms with Crippen LogP contribution in [0.2, 0.25) is 0 Å². The zero-order valence-corrected chi connectivity index (χ0v) is 13.9. The van der Waals surface area contributed by atoms with Crippen LogP contribution in [0.15, 0.2) is 48.5 Å². The van der Waals surface area contributed by atoms with E-state index in [0.29, 0.717) is 0 Å². The van der Waals surface area contributed by atoms with Gasteiger partial charge in [0.25, 0.3) is 0 Å². The minimum absolute atomic E-state index is 0. The number of carbonyl (C=O) groups excluding carboxylic acids is 2. The summed E-state index contributed by atoms with van der Waals surface area (Å²) in [5.41, 5.74) is 15.0. The molecule has 23 heavy (non-hydrogen) atoms. The number of benzene rings is 2. The van der Waals surface area contributed by atoms with Gasteiger partial charge in [0.15, 0.2) is 0 Å². The Labute approximate surface area is 145 Å². The number of aryl methyl sites for hydroxylation is 2. The first kappa shape index (κ1) is 22.8. The van der Waals surface area contributed by atoms with Gasteiger partial charge in [-0.25, -0.2) is 0 Å². The maximum atomic E-state index is 8.93. The van der Waals surface area contributed by atoms with Crippen molar-refractivity contribution in [2.75, 3.05) is 11.5 Å². The molecule has 124 valence electrons. The third-order valence-corrected chi connectivity index (χ3v) is 2.25. The van der Waals surface area contributed by atoms with Crippen molar-refractivity contribution in [2.24, 2.45) is 0 Å². The molecular weight excluding hydrogens is 340 g/mol. The summed E-state index contributed by atoms with van der Waals surface area (Å²) in [5, 5.41) is 17.9. The van der Waals surface area contributed by atoms with Gasteiger partial charge in [0.2, 0.25) is 0 Å². The second-order valence-electron chi connectivity index (χ2n) is 4.40. The third-order valence-electron chi connectivity index (χ3n) is 2.25. The molecule has 0 aromatic heterocycles. The molecule has 4 N–H and O–H groups in total. The molecule has 0 heterocycles. The maximum absolute atomic E-state index is 8.93. The number of aliphatic carboxylic acids is 2. The summed E-state index contributed by atoms with van der Waals surface area (Å²) in [4.78, 5) is 17.9. The molecule has 0 saturated carbocycles. The van der Waals surface area contributed by atoms with Crippen molar-refractivity contribution in [1.82, 2.24) is 0 Å². The van der Waals surface area contributed by atoms with Crippen molar-refractivity contribution in [3.63, 3.8) is 0 Å². The molecule has 0 unspecified atom stereocenters. The van der Waals surface area contributed by atoms with E-state index in [1.54, 1.807) is 0 Å². The van der Waals surface area contributed by atoms with Crippen LogP contribution in [-0.2, 0) is 26.7 Å². The number of carboxylic acids is 2. The molecule has 0 atom stereocenters. The van der Waals surface area contributed by atoms with E-state index < -0.39 is 11.9 Å². The Kier molecular flexibility index (Phi) is 12.0. The number of anilines is 2. The molecule has 0 amide bonds. The summed E-state index contributed by atoms with van der Waals surface area (Å²) in [5.74, 6) is -4.37. The van der Waals surface area contributed by atoms with E-state index in [2.05, 4.69) is 0 Å². The van der Waals surface area contributed by atoms with Gasteiger partial charge in [-0.1, -0.05) is 24.3 Å². The Morgan fingerprint density at radius 1 is 0.783 bits per heavy atom. The molecule has 6 nitrogen and oxygen atoms in total. The predicted octanol–water partition coefficient (Wildman–Crippen LogP) is -0.362. The average molecular weight is 358 g/mol. The first-order valence-corrected chi connectivity index (χ1v) is 6.29. The number of nitrogen functional groups attached to an aromatic ring is 2. The molecule has 0 spiro atoms. The van der Waals surface area contributed by atoms with Crippen molar-refractivity contribution < 1.29 is 36.9 Å². The van der Waals surface area contributed by atoms with E-state index in [0.717, 1.165) is 11.4 Å². The quantitative estimate of drug-likeness (QED) is 0.375. The number of carbonyl (C=O) groups is 2. The number of hydrogen-bond donors (Lipinski definition) is 2. The van der Waals surface area contributed by atoms with Gasteiger partial charge in [-0.15, -0.1) is 0 Å². The molecule has 2 rings (SSSR count). The smallest absolute Gasteiger partial charge is 0.543 e. The third kappa shape index (κ3) is 12.9. The van der Waals surface area contributed by atoms with Crippen molar-refractivity contribution in [1.29, 1.82) is 0 Å². The normalized spacial score (nSPS) is 8.26.